The number of hydrogen-bond acceptors (Lipinski definition) is 4. The molecule has 1 amide bonds. The van der Waals surface area contributed by atoms with Crippen LogP contribution in [-0.2, 0) is 11.2 Å². The second-order valence-corrected chi connectivity index (χ2v) is 6.23. The van der Waals surface area contributed by atoms with Gasteiger partial charge in [-0.15, -0.1) is 0 Å². The number of carbonyl (C=O) groups excluding carboxylic acids is 2. The standard InChI is InChI=1S/C21H17N3O2/c25-20-18-11-16(17-12-22-14-23-13-17)8-9-19(18)24(21(20)26)10-4-7-15-5-2-1-3-6-15/h1-3,5-6,8-9,11-14H,4,7,10H2. The fourth-order valence-corrected chi connectivity index (χ4v) is 3.24. The van der Waals surface area contributed by atoms with E-state index in [4.69, 9.17) is 0 Å². The van der Waals surface area contributed by atoms with Gasteiger partial charge in [0.05, 0.1) is 11.3 Å². The van der Waals surface area contributed by atoms with Crippen molar-refractivity contribution in [1.82, 2.24) is 9.97 Å². The van der Waals surface area contributed by atoms with Crippen molar-refractivity contribution in [3.63, 3.8) is 0 Å². The molecule has 0 fully saturated rings. The van der Waals surface area contributed by atoms with Crippen molar-refractivity contribution in [3.8, 4) is 11.1 Å². The largest absolute Gasteiger partial charge is 0.305 e. The van der Waals surface area contributed by atoms with Gasteiger partial charge in [-0.05, 0) is 36.1 Å². The second-order valence-electron chi connectivity index (χ2n) is 6.23. The smallest absolute Gasteiger partial charge is 0.299 e. The van der Waals surface area contributed by atoms with Crippen LogP contribution in [-0.4, -0.2) is 28.2 Å². The van der Waals surface area contributed by atoms with Crippen LogP contribution < -0.4 is 4.90 Å². The Kier molecular flexibility index (Phi) is 4.27. The summed E-state index contributed by atoms with van der Waals surface area (Å²) in [7, 11) is 0. The number of hydrogen-bond donors (Lipinski definition) is 0. The minimum absolute atomic E-state index is 0.446. The van der Waals surface area contributed by atoms with Crippen molar-refractivity contribution in [2.24, 2.45) is 0 Å². The van der Waals surface area contributed by atoms with E-state index in [0.29, 0.717) is 17.8 Å². The summed E-state index contributed by atoms with van der Waals surface area (Å²) < 4.78 is 0. The van der Waals surface area contributed by atoms with E-state index >= 15 is 0 Å². The number of anilines is 1. The molecule has 0 spiro atoms. The van der Waals surface area contributed by atoms with Gasteiger partial charge in [-0.25, -0.2) is 9.97 Å². The second kappa shape index (κ2) is 6.88. The molecule has 0 aliphatic carbocycles. The first-order valence-electron chi connectivity index (χ1n) is 8.53. The molecule has 0 radical (unpaired) electrons. The summed E-state index contributed by atoms with van der Waals surface area (Å²) in [5, 5.41) is 0. The maximum absolute atomic E-state index is 12.4. The monoisotopic (exact) mass is 343 g/mol. The fourth-order valence-electron chi connectivity index (χ4n) is 3.24. The highest BCUT2D eigenvalue weighted by atomic mass is 16.2. The summed E-state index contributed by atoms with van der Waals surface area (Å²) in [5.41, 5.74) is 4.02. The average molecular weight is 343 g/mol. The molecule has 2 aromatic carbocycles. The number of fused-ring (bicyclic) bond motifs is 1. The SMILES string of the molecule is O=C1C(=O)N(CCCc2ccccc2)c2ccc(-c3cncnc3)cc21. The molecule has 1 aliphatic rings. The Labute approximate surface area is 151 Å². The number of aromatic nitrogens is 2. The molecule has 0 saturated heterocycles. The van der Waals surface area contributed by atoms with Crippen LogP contribution in [0.2, 0.25) is 0 Å². The van der Waals surface area contributed by atoms with Crippen molar-refractivity contribution in [2.45, 2.75) is 12.8 Å². The van der Waals surface area contributed by atoms with E-state index in [1.165, 1.54) is 11.9 Å². The maximum atomic E-state index is 12.4. The Morgan fingerprint density at radius 1 is 0.885 bits per heavy atom. The normalized spacial score (nSPS) is 13.2. The Morgan fingerprint density at radius 3 is 2.42 bits per heavy atom. The summed E-state index contributed by atoms with van der Waals surface area (Å²) in [4.78, 5) is 34.4. The first-order valence-corrected chi connectivity index (χ1v) is 8.53. The molecule has 128 valence electrons. The van der Waals surface area contributed by atoms with Crippen molar-refractivity contribution in [3.05, 3.63) is 78.4 Å². The lowest BCUT2D eigenvalue weighted by atomic mass is 10.0. The van der Waals surface area contributed by atoms with E-state index in [-0.39, 0.29) is 0 Å². The van der Waals surface area contributed by atoms with Gasteiger partial charge >= 0.3 is 0 Å². The number of Topliss-reactive ketones (excluding diaryl/α,β-unsaturated/α-hetero) is 1. The number of nitrogens with zero attached hydrogens (tertiary/aromatic N) is 3. The van der Waals surface area contributed by atoms with Gasteiger partial charge in [0.1, 0.15) is 6.33 Å². The van der Waals surface area contributed by atoms with Gasteiger partial charge in [-0.2, -0.15) is 0 Å². The first-order chi connectivity index (χ1) is 12.7. The number of carbonyl (C=O) groups is 2. The van der Waals surface area contributed by atoms with Crippen molar-refractivity contribution in [1.29, 1.82) is 0 Å². The van der Waals surface area contributed by atoms with Crippen LogP contribution in [0, 0.1) is 0 Å². The van der Waals surface area contributed by atoms with Crippen LogP contribution in [0.3, 0.4) is 0 Å². The molecule has 0 bridgehead atoms. The topological polar surface area (TPSA) is 63.2 Å². The van der Waals surface area contributed by atoms with Crippen LogP contribution in [0.4, 0.5) is 5.69 Å². The number of rotatable bonds is 5. The highest BCUT2D eigenvalue weighted by Crippen LogP contribution is 2.32. The molecule has 0 saturated carbocycles. The van der Waals surface area contributed by atoms with E-state index in [1.54, 1.807) is 23.4 Å². The highest BCUT2D eigenvalue weighted by molar-refractivity contribution is 6.52. The summed E-state index contributed by atoms with van der Waals surface area (Å²) in [6.45, 7) is 0.528. The van der Waals surface area contributed by atoms with Gasteiger partial charge < -0.3 is 4.90 Å². The Morgan fingerprint density at radius 2 is 1.65 bits per heavy atom. The van der Waals surface area contributed by atoms with Crippen LogP contribution in [0.25, 0.3) is 11.1 Å². The summed E-state index contributed by atoms with van der Waals surface area (Å²) in [6.07, 6.45) is 6.51. The number of benzene rings is 2. The van der Waals surface area contributed by atoms with E-state index in [1.807, 2.05) is 30.3 Å². The molecule has 0 N–H and O–H groups in total. The molecule has 2 heterocycles. The average Bonchev–Trinajstić information content (AvgIpc) is 2.94. The van der Waals surface area contributed by atoms with Crippen molar-refractivity contribution >= 4 is 17.4 Å². The Balaban J connectivity index is 1.54. The van der Waals surface area contributed by atoms with Crippen LogP contribution in [0.15, 0.2) is 67.3 Å². The van der Waals surface area contributed by atoms with Gasteiger partial charge in [0, 0.05) is 24.5 Å². The lowest BCUT2D eigenvalue weighted by Crippen LogP contribution is -2.30. The van der Waals surface area contributed by atoms with Crippen molar-refractivity contribution in [2.75, 3.05) is 11.4 Å². The third-order valence-electron chi connectivity index (χ3n) is 4.56. The van der Waals surface area contributed by atoms with E-state index in [2.05, 4.69) is 22.1 Å². The Bertz CT molecular complexity index is 956. The van der Waals surface area contributed by atoms with Crippen molar-refractivity contribution < 1.29 is 9.59 Å². The third-order valence-corrected chi connectivity index (χ3v) is 4.56. The quantitative estimate of drug-likeness (QED) is 0.667. The van der Waals surface area contributed by atoms with Gasteiger partial charge in [0.25, 0.3) is 11.7 Å². The minimum Gasteiger partial charge on any atom is -0.305 e. The highest BCUT2D eigenvalue weighted by Gasteiger charge is 2.35. The molecule has 1 aliphatic heterocycles. The summed E-state index contributed by atoms with van der Waals surface area (Å²) >= 11 is 0. The predicted octanol–water partition coefficient (Wildman–Crippen LogP) is 3.31. The summed E-state index contributed by atoms with van der Waals surface area (Å²) in [6, 6.07) is 15.6. The maximum Gasteiger partial charge on any atom is 0.299 e. The molecule has 0 unspecified atom stereocenters. The molecule has 4 rings (SSSR count). The zero-order valence-electron chi connectivity index (χ0n) is 14.1. The number of ketones is 1. The van der Waals surface area contributed by atoms with E-state index in [0.717, 1.165) is 24.0 Å². The molecular formula is C21H17N3O2. The third kappa shape index (κ3) is 2.99. The molecule has 3 aromatic rings. The first kappa shape index (κ1) is 16.1. The zero-order valence-corrected chi connectivity index (χ0v) is 14.1. The molecule has 26 heavy (non-hydrogen) atoms. The number of aryl methyl sites for hydroxylation is 1. The molecule has 5 nitrogen and oxygen atoms in total. The Hall–Kier alpha value is -3.34. The molecule has 1 aromatic heterocycles. The van der Waals surface area contributed by atoms with Gasteiger partial charge in [0.15, 0.2) is 0 Å². The van der Waals surface area contributed by atoms with Crippen LogP contribution in [0.1, 0.15) is 22.3 Å². The van der Waals surface area contributed by atoms with Gasteiger partial charge in [0.2, 0.25) is 0 Å². The number of amides is 1. The van der Waals surface area contributed by atoms with Crippen LogP contribution in [0.5, 0.6) is 0 Å². The lowest BCUT2D eigenvalue weighted by Gasteiger charge is -2.16. The van der Waals surface area contributed by atoms with E-state index < -0.39 is 11.7 Å². The molecule has 5 heteroatoms. The van der Waals surface area contributed by atoms with E-state index in [9.17, 15) is 9.59 Å². The van der Waals surface area contributed by atoms with Gasteiger partial charge in [-0.1, -0.05) is 36.4 Å². The minimum atomic E-state index is -0.450. The predicted molar refractivity (Wildman–Crippen MR) is 98.9 cm³/mol. The zero-order chi connectivity index (χ0) is 17.9. The van der Waals surface area contributed by atoms with Gasteiger partial charge in [-0.3, -0.25) is 9.59 Å². The molecule has 0 atom stereocenters. The van der Waals surface area contributed by atoms with Crippen LogP contribution >= 0.6 is 0 Å². The fraction of sp³-hybridized carbons (Fsp3) is 0.143. The molecular weight excluding hydrogens is 326 g/mol. The lowest BCUT2D eigenvalue weighted by molar-refractivity contribution is -0.114. The summed E-state index contributed by atoms with van der Waals surface area (Å²) in [5.74, 6) is -0.895.